The van der Waals surface area contributed by atoms with Crippen molar-refractivity contribution in [3.63, 3.8) is 0 Å². The summed E-state index contributed by atoms with van der Waals surface area (Å²) in [5.74, 6) is -0.344. The van der Waals surface area contributed by atoms with Gasteiger partial charge >= 0.3 is 0 Å². The summed E-state index contributed by atoms with van der Waals surface area (Å²) in [4.78, 5) is 43.1. The smallest absolute Gasteiger partial charge is 0.255 e. The highest BCUT2D eigenvalue weighted by Gasteiger charge is 2.45. The fourth-order valence-electron chi connectivity index (χ4n) is 5.21. The number of hydrogen-bond acceptors (Lipinski definition) is 6. The van der Waals surface area contributed by atoms with Crippen LogP contribution in [0.1, 0.15) is 41.8 Å². The van der Waals surface area contributed by atoms with Crippen LogP contribution in [0.25, 0.3) is 11.3 Å². The Morgan fingerprint density at radius 3 is 2.57 bits per heavy atom. The Balaban J connectivity index is 1.27. The summed E-state index contributed by atoms with van der Waals surface area (Å²) in [7, 11) is 0. The van der Waals surface area contributed by atoms with E-state index in [9.17, 15) is 19.5 Å². The van der Waals surface area contributed by atoms with Crippen LogP contribution in [0.2, 0.25) is 0 Å². The Morgan fingerprint density at radius 1 is 1.14 bits per heavy atom. The summed E-state index contributed by atoms with van der Waals surface area (Å²) in [6.07, 6.45) is 0.927. The summed E-state index contributed by atoms with van der Waals surface area (Å²) in [6.45, 7) is 4.46. The van der Waals surface area contributed by atoms with Gasteiger partial charge in [0.1, 0.15) is 12.1 Å². The first-order valence-corrected chi connectivity index (χ1v) is 12.5. The molecule has 3 aromatic rings. The second kappa shape index (κ2) is 10.2. The van der Waals surface area contributed by atoms with Gasteiger partial charge in [-0.15, -0.1) is 0 Å². The first-order valence-electron chi connectivity index (χ1n) is 12.5. The van der Waals surface area contributed by atoms with Gasteiger partial charge in [0.2, 0.25) is 11.8 Å². The lowest BCUT2D eigenvalue weighted by Gasteiger charge is -2.35. The topological polar surface area (TPSA) is 116 Å². The van der Waals surface area contributed by atoms with Gasteiger partial charge in [0.15, 0.2) is 5.76 Å². The van der Waals surface area contributed by atoms with Crippen molar-refractivity contribution in [2.24, 2.45) is 5.92 Å². The van der Waals surface area contributed by atoms with Crippen LogP contribution in [0.4, 0.5) is 0 Å². The monoisotopic (exact) mass is 502 g/mol. The molecule has 2 aliphatic rings. The second-order valence-electron chi connectivity index (χ2n) is 9.97. The minimum Gasteiger partial charge on any atom is -0.391 e. The summed E-state index contributed by atoms with van der Waals surface area (Å²) in [5, 5.41) is 17.0. The van der Waals surface area contributed by atoms with E-state index < -0.39 is 18.2 Å². The number of aliphatic hydroxyl groups is 1. The van der Waals surface area contributed by atoms with Gasteiger partial charge in [0, 0.05) is 43.2 Å². The minimum atomic E-state index is -0.808. The lowest BCUT2D eigenvalue weighted by Crippen LogP contribution is -2.55. The maximum absolute atomic E-state index is 13.8. The molecule has 2 aliphatic heterocycles. The molecule has 3 heterocycles. The van der Waals surface area contributed by atoms with Crippen LogP contribution in [-0.4, -0.2) is 62.5 Å². The number of carbonyl (C=O) groups is 3. The molecule has 1 unspecified atom stereocenters. The quantitative estimate of drug-likeness (QED) is 0.513. The lowest BCUT2D eigenvalue weighted by atomic mass is 10.0. The van der Waals surface area contributed by atoms with Crippen molar-refractivity contribution in [1.82, 2.24) is 20.3 Å². The Morgan fingerprint density at radius 2 is 1.89 bits per heavy atom. The predicted octanol–water partition coefficient (Wildman–Crippen LogP) is 2.60. The fraction of sp³-hybridized carbons (Fsp3) is 0.357. The van der Waals surface area contributed by atoms with E-state index >= 15 is 0 Å². The zero-order valence-corrected chi connectivity index (χ0v) is 20.8. The summed E-state index contributed by atoms with van der Waals surface area (Å²) in [5.41, 5.74) is 3.25. The molecular weight excluding hydrogens is 472 g/mol. The number of aromatic nitrogens is 1. The van der Waals surface area contributed by atoms with E-state index in [-0.39, 0.29) is 43.1 Å². The van der Waals surface area contributed by atoms with Crippen molar-refractivity contribution in [2.75, 3.05) is 6.54 Å². The van der Waals surface area contributed by atoms with Crippen LogP contribution in [0.3, 0.4) is 0 Å². The number of nitrogens with one attached hydrogen (secondary N) is 1. The highest BCUT2D eigenvalue weighted by Crippen LogP contribution is 2.30. The molecule has 1 saturated heterocycles. The standard InChI is InChI=1S/C28H30N4O5/c1-17(2)25(32-15-20-5-3-4-6-22(20)27(32)35)28(36)31-16-21(33)13-23(31)26(34)29-14-18-7-9-19(10-8-18)24-11-12-30-37-24/h3-12,17,21,23,25,33H,13-16H2,1-2H3,(H,29,34)/t21-,23+,25?/m1/s1. The molecule has 0 aliphatic carbocycles. The third-order valence-electron chi connectivity index (χ3n) is 7.08. The van der Waals surface area contributed by atoms with Gasteiger partial charge in [0.25, 0.3) is 5.91 Å². The molecule has 192 valence electrons. The molecule has 37 heavy (non-hydrogen) atoms. The number of likely N-dealkylation sites (tertiary alicyclic amines) is 1. The van der Waals surface area contributed by atoms with Crippen molar-refractivity contribution in [3.05, 3.63) is 77.5 Å². The third kappa shape index (κ3) is 4.86. The molecule has 0 bridgehead atoms. The molecule has 9 nitrogen and oxygen atoms in total. The molecule has 0 spiro atoms. The van der Waals surface area contributed by atoms with Crippen molar-refractivity contribution in [1.29, 1.82) is 0 Å². The zero-order chi connectivity index (χ0) is 26.1. The summed E-state index contributed by atoms with van der Waals surface area (Å²) < 4.78 is 5.16. The molecule has 3 amide bonds. The molecular formula is C28H30N4O5. The zero-order valence-electron chi connectivity index (χ0n) is 20.8. The number of aliphatic hydroxyl groups excluding tert-OH is 1. The highest BCUT2D eigenvalue weighted by molar-refractivity contribution is 6.01. The van der Waals surface area contributed by atoms with Gasteiger partial charge in [-0.1, -0.05) is 61.5 Å². The molecule has 0 radical (unpaired) electrons. The Labute approximate surface area is 215 Å². The van der Waals surface area contributed by atoms with Gasteiger partial charge < -0.3 is 24.7 Å². The van der Waals surface area contributed by atoms with E-state index in [1.165, 1.54) is 4.90 Å². The average molecular weight is 503 g/mol. The third-order valence-corrected chi connectivity index (χ3v) is 7.08. The second-order valence-corrected chi connectivity index (χ2v) is 9.97. The molecule has 5 rings (SSSR count). The molecule has 2 aromatic carbocycles. The number of carbonyl (C=O) groups excluding carboxylic acids is 3. The van der Waals surface area contributed by atoms with Crippen LogP contribution in [0.15, 0.2) is 65.3 Å². The fourth-order valence-corrected chi connectivity index (χ4v) is 5.21. The lowest BCUT2D eigenvalue weighted by molar-refractivity contribution is -0.143. The number of hydrogen-bond donors (Lipinski definition) is 2. The highest BCUT2D eigenvalue weighted by atomic mass is 16.5. The molecule has 0 saturated carbocycles. The molecule has 3 atom stereocenters. The van der Waals surface area contributed by atoms with E-state index in [1.54, 1.807) is 23.2 Å². The van der Waals surface area contributed by atoms with Gasteiger partial charge in [-0.3, -0.25) is 14.4 Å². The van der Waals surface area contributed by atoms with Crippen molar-refractivity contribution >= 4 is 17.7 Å². The predicted molar refractivity (Wildman–Crippen MR) is 135 cm³/mol. The molecule has 2 N–H and O–H groups in total. The Bertz CT molecular complexity index is 1290. The summed E-state index contributed by atoms with van der Waals surface area (Å²) in [6, 6.07) is 15.1. The first kappa shape index (κ1) is 24.7. The number of rotatable bonds is 7. The van der Waals surface area contributed by atoms with Crippen LogP contribution in [0, 0.1) is 5.92 Å². The number of β-amino-alcohol motifs (C(OH)–C–C–N with tert-alkyl or cyclic N) is 1. The Hall–Kier alpha value is -3.98. The van der Waals surface area contributed by atoms with Crippen molar-refractivity contribution < 1.29 is 24.0 Å². The maximum atomic E-state index is 13.8. The van der Waals surface area contributed by atoms with E-state index in [1.807, 2.05) is 56.3 Å². The maximum Gasteiger partial charge on any atom is 0.255 e. The molecule has 1 fully saturated rings. The van der Waals surface area contributed by atoms with E-state index in [0.29, 0.717) is 17.9 Å². The van der Waals surface area contributed by atoms with Crippen LogP contribution >= 0.6 is 0 Å². The molecule has 1 aromatic heterocycles. The van der Waals surface area contributed by atoms with Gasteiger partial charge in [-0.25, -0.2) is 0 Å². The minimum absolute atomic E-state index is 0.0565. The number of fused-ring (bicyclic) bond motifs is 1. The number of benzene rings is 2. The Kier molecular flexibility index (Phi) is 6.80. The normalized spacial score (nSPS) is 19.8. The largest absolute Gasteiger partial charge is 0.391 e. The SMILES string of the molecule is CC(C)C(C(=O)N1C[C@H](O)C[C@H]1C(=O)NCc1ccc(-c2ccno2)cc1)N1Cc2ccccc2C1=O. The van der Waals surface area contributed by atoms with Crippen LogP contribution in [0.5, 0.6) is 0 Å². The number of nitrogens with zero attached hydrogens (tertiary/aromatic N) is 3. The first-order chi connectivity index (χ1) is 17.8. The van der Waals surface area contributed by atoms with E-state index in [0.717, 1.165) is 16.7 Å². The number of amides is 3. The summed E-state index contributed by atoms with van der Waals surface area (Å²) >= 11 is 0. The van der Waals surface area contributed by atoms with Crippen LogP contribution < -0.4 is 5.32 Å². The van der Waals surface area contributed by atoms with Gasteiger partial charge in [-0.2, -0.15) is 0 Å². The molecule has 9 heteroatoms. The van der Waals surface area contributed by atoms with Crippen LogP contribution in [-0.2, 0) is 22.7 Å². The van der Waals surface area contributed by atoms with Crippen molar-refractivity contribution in [2.45, 2.75) is 51.5 Å². The van der Waals surface area contributed by atoms with Crippen molar-refractivity contribution in [3.8, 4) is 11.3 Å². The average Bonchev–Trinajstić information content (AvgIpc) is 3.63. The van der Waals surface area contributed by atoms with E-state index in [2.05, 4.69) is 10.5 Å². The van der Waals surface area contributed by atoms with Gasteiger partial charge in [-0.05, 0) is 23.1 Å². The van der Waals surface area contributed by atoms with E-state index in [4.69, 9.17) is 4.52 Å². The van der Waals surface area contributed by atoms with Gasteiger partial charge in [0.05, 0.1) is 12.3 Å².